The molecule has 5 heteroatoms. The lowest BCUT2D eigenvalue weighted by Crippen LogP contribution is -2.34. The molecule has 74 heavy (non-hydrogen) atoms. The first-order valence-electron chi connectivity index (χ1n) is 25.2. The van der Waals surface area contributed by atoms with E-state index in [0.29, 0.717) is 17.5 Å². The van der Waals surface area contributed by atoms with Crippen LogP contribution >= 0.6 is 0 Å². The van der Waals surface area contributed by atoms with Crippen LogP contribution < -0.4 is 4.74 Å². The van der Waals surface area contributed by atoms with Crippen molar-refractivity contribution >= 4 is 32.6 Å². The largest absolute Gasteiger partial charge is 0.477 e. The van der Waals surface area contributed by atoms with Crippen molar-refractivity contribution in [3.63, 3.8) is 0 Å². The summed E-state index contributed by atoms with van der Waals surface area (Å²) in [5.74, 6) is 2.67. The summed E-state index contributed by atoms with van der Waals surface area (Å²) in [5.41, 5.74) is 16.8. The number of aromatic nitrogens is 4. The maximum absolute atomic E-state index is 7.00. The van der Waals surface area contributed by atoms with E-state index in [2.05, 4.69) is 266 Å². The van der Waals surface area contributed by atoms with Crippen LogP contribution in [-0.2, 0) is 5.60 Å². The quantitative estimate of drug-likeness (QED) is 0.152. The molecule has 0 saturated carbocycles. The maximum Gasteiger partial charge on any atom is 0.164 e. The highest BCUT2D eigenvalue weighted by Gasteiger charge is 2.38. The Bertz CT molecular complexity index is 4220. The third-order valence-electron chi connectivity index (χ3n) is 14.9. The van der Waals surface area contributed by atoms with Crippen molar-refractivity contribution in [2.45, 2.75) is 12.5 Å². The Morgan fingerprint density at radius 3 is 1.46 bits per heavy atom. The van der Waals surface area contributed by atoms with E-state index in [-0.39, 0.29) is 0 Å². The lowest BCUT2D eigenvalue weighted by molar-refractivity contribution is 0.129. The molecule has 14 rings (SSSR count). The van der Waals surface area contributed by atoms with Crippen molar-refractivity contribution in [2.75, 3.05) is 0 Å². The molecule has 1 unspecified atom stereocenters. The van der Waals surface area contributed by atoms with Crippen molar-refractivity contribution in [1.82, 2.24) is 19.5 Å². The second-order valence-electron chi connectivity index (χ2n) is 19.2. The fraction of sp³-hybridized carbons (Fsp3) is 0.0290. The van der Waals surface area contributed by atoms with Gasteiger partial charge in [-0.1, -0.05) is 231 Å². The third-order valence-corrected chi connectivity index (χ3v) is 14.9. The summed E-state index contributed by atoms with van der Waals surface area (Å²) in [6, 6.07) is 92.3. The smallest absolute Gasteiger partial charge is 0.164 e. The lowest BCUT2D eigenvalue weighted by atomic mass is 9.80. The predicted molar refractivity (Wildman–Crippen MR) is 303 cm³/mol. The Kier molecular flexibility index (Phi) is 10.2. The van der Waals surface area contributed by atoms with Gasteiger partial charge in [-0.05, 0) is 92.5 Å². The van der Waals surface area contributed by atoms with Crippen LogP contribution in [0.1, 0.15) is 18.1 Å². The zero-order chi connectivity index (χ0) is 49.2. The van der Waals surface area contributed by atoms with E-state index >= 15 is 0 Å². The van der Waals surface area contributed by atoms with Gasteiger partial charge in [0.2, 0.25) is 0 Å². The monoisotopic (exact) mass is 946 g/mol. The van der Waals surface area contributed by atoms with Crippen LogP contribution in [0.4, 0.5) is 0 Å². The molecular weight excluding hydrogens is 901 g/mol. The molecule has 0 radical (unpaired) electrons. The summed E-state index contributed by atoms with van der Waals surface area (Å²) in [5, 5.41) is 4.92. The van der Waals surface area contributed by atoms with E-state index in [4.69, 9.17) is 19.7 Å². The number of para-hydroxylation sites is 2. The van der Waals surface area contributed by atoms with Gasteiger partial charge >= 0.3 is 0 Å². The van der Waals surface area contributed by atoms with Crippen molar-refractivity contribution in [2.24, 2.45) is 0 Å². The Balaban J connectivity index is 0.821. The van der Waals surface area contributed by atoms with Crippen LogP contribution in [0.15, 0.2) is 261 Å². The Hall–Kier alpha value is -9.71. The van der Waals surface area contributed by atoms with Gasteiger partial charge in [0.1, 0.15) is 5.75 Å². The Morgan fingerprint density at radius 2 is 0.811 bits per heavy atom. The molecule has 0 fully saturated rings. The third kappa shape index (κ3) is 7.36. The molecule has 0 saturated heterocycles. The van der Waals surface area contributed by atoms with Crippen LogP contribution in [0, 0.1) is 0 Å². The molecule has 0 N–H and O–H groups in total. The summed E-state index contributed by atoms with van der Waals surface area (Å²) >= 11 is 0. The molecule has 1 aliphatic heterocycles. The zero-order valence-corrected chi connectivity index (χ0v) is 40.5. The van der Waals surface area contributed by atoms with Crippen molar-refractivity contribution < 1.29 is 4.74 Å². The van der Waals surface area contributed by atoms with Gasteiger partial charge in [0, 0.05) is 44.3 Å². The van der Waals surface area contributed by atoms with Crippen molar-refractivity contribution in [1.29, 1.82) is 0 Å². The summed E-state index contributed by atoms with van der Waals surface area (Å²) < 4.78 is 9.36. The molecule has 13 aromatic rings. The second kappa shape index (κ2) is 17.5. The highest BCUT2D eigenvalue weighted by molar-refractivity contribution is 6.09. The van der Waals surface area contributed by atoms with Crippen LogP contribution in [0.3, 0.4) is 0 Å². The standard InChI is InChI=1S/C69H46N4O/c1-69(54-18-3-2-4-19-54)62-26-10-7-22-58(62)61-42-41-53(44-65(61)74-69)46-31-37-50(38-32-46)67-70-66(71-68(72-67)51-39-33-48(34-40-51)57-25-14-16-47-15-5-6-21-56(47)57)49-35-29-45(30-36-49)52-17-13-20-55(43-52)73-63-27-11-8-23-59(63)60-24-9-12-28-64(60)73/h2-44H,1H3. The second-order valence-corrected chi connectivity index (χ2v) is 19.2. The minimum Gasteiger partial charge on any atom is -0.477 e. The molecule has 0 aliphatic carbocycles. The number of fused-ring (bicyclic) bond motifs is 7. The Morgan fingerprint density at radius 1 is 0.338 bits per heavy atom. The predicted octanol–water partition coefficient (Wildman–Crippen LogP) is 17.4. The van der Waals surface area contributed by atoms with Gasteiger partial charge in [-0.3, -0.25) is 0 Å². The molecule has 2 aromatic heterocycles. The van der Waals surface area contributed by atoms with E-state index in [9.17, 15) is 0 Å². The summed E-state index contributed by atoms with van der Waals surface area (Å²) in [6.45, 7) is 2.17. The summed E-state index contributed by atoms with van der Waals surface area (Å²) in [6.07, 6.45) is 0. The van der Waals surface area contributed by atoms with Crippen LogP contribution in [0.5, 0.6) is 5.75 Å². The highest BCUT2D eigenvalue weighted by atomic mass is 16.5. The number of benzene rings is 11. The molecule has 5 nitrogen and oxygen atoms in total. The molecule has 1 atom stereocenters. The highest BCUT2D eigenvalue weighted by Crippen LogP contribution is 2.49. The van der Waals surface area contributed by atoms with Gasteiger partial charge in [-0.15, -0.1) is 0 Å². The SMILES string of the molecule is CC1(c2ccccc2)Oc2cc(-c3ccc(-c4nc(-c5ccc(-c6cccc(-n7c8ccccc8c8ccccc87)c6)cc5)nc(-c5ccc(-c6cccc7ccccc67)cc5)n4)cc3)ccc2-c2ccccc21. The van der Waals surface area contributed by atoms with E-state index < -0.39 is 5.60 Å². The zero-order valence-electron chi connectivity index (χ0n) is 40.5. The normalized spacial score (nSPS) is 13.9. The van der Waals surface area contributed by atoms with Crippen LogP contribution in [0.25, 0.3) is 117 Å². The molecule has 11 aromatic carbocycles. The summed E-state index contributed by atoms with van der Waals surface area (Å²) in [4.78, 5) is 15.5. The van der Waals surface area contributed by atoms with E-state index in [0.717, 1.165) is 72.6 Å². The number of hydrogen-bond donors (Lipinski definition) is 0. The number of nitrogens with zero attached hydrogens (tertiary/aromatic N) is 4. The minimum atomic E-state index is -0.641. The van der Waals surface area contributed by atoms with Gasteiger partial charge in [-0.2, -0.15) is 0 Å². The number of ether oxygens (including phenoxy) is 1. The van der Waals surface area contributed by atoms with Gasteiger partial charge < -0.3 is 9.30 Å². The molecule has 348 valence electrons. The molecule has 0 amide bonds. The van der Waals surface area contributed by atoms with Crippen LogP contribution in [0.2, 0.25) is 0 Å². The maximum atomic E-state index is 7.00. The average molecular weight is 947 g/mol. The molecule has 0 spiro atoms. The first-order chi connectivity index (χ1) is 36.5. The lowest BCUT2D eigenvalue weighted by Gasteiger charge is -2.38. The fourth-order valence-corrected chi connectivity index (χ4v) is 11.1. The van der Waals surface area contributed by atoms with Crippen molar-refractivity contribution in [3.8, 4) is 90.1 Å². The number of rotatable bonds is 8. The number of hydrogen-bond acceptors (Lipinski definition) is 4. The Labute approximate surface area is 429 Å². The van der Waals surface area contributed by atoms with Gasteiger partial charge in [0.05, 0.1) is 11.0 Å². The van der Waals surface area contributed by atoms with Crippen LogP contribution in [-0.4, -0.2) is 19.5 Å². The van der Waals surface area contributed by atoms with Gasteiger partial charge in [0.15, 0.2) is 23.1 Å². The molecule has 0 bridgehead atoms. The first-order valence-corrected chi connectivity index (χ1v) is 25.2. The first kappa shape index (κ1) is 43.1. The summed E-state index contributed by atoms with van der Waals surface area (Å²) in [7, 11) is 0. The van der Waals surface area contributed by atoms with E-state index in [1.807, 2.05) is 6.07 Å². The van der Waals surface area contributed by atoms with Gasteiger partial charge in [-0.25, -0.2) is 15.0 Å². The van der Waals surface area contributed by atoms with Gasteiger partial charge in [0.25, 0.3) is 0 Å². The molecular formula is C69H46N4O. The topological polar surface area (TPSA) is 52.8 Å². The van der Waals surface area contributed by atoms with Crippen molar-refractivity contribution in [3.05, 3.63) is 272 Å². The minimum absolute atomic E-state index is 0.599. The molecule has 1 aliphatic rings. The van der Waals surface area contributed by atoms with E-state index in [1.54, 1.807) is 0 Å². The average Bonchev–Trinajstić information content (AvgIpc) is 3.83. The molecule has 3 heterocycles. The van der Waals surface area contributed by atoms with E-state index in [1.165, 1.54) is 43.7 Å². The fourth-order valence-electron chi connectivity index (χ4n) is 11.1.